The number of ether oxygens (including phenoxy) is 1. The summed E-state index contributed by atoms with van der Waals surface area (Å²) in [4.78, 5) is 25.6. The highest BCUT2D eigenvalue weighted by atomic mass is 19.4. The van der Waals surface area contributed by atoms with Crippen molar-refractivity contribution in [1.82, 2.24) is 9.55 Å². The van der Waals surface area contributed by atoms with E-state index in [-0.39, 0.29) is 17.0 Å². The van der Waals surface area contributed by atoms with Gasteiger partial charge in [0, 0.05) is 23.5 Å². The van der Waals surface area contributed by atoms with Crippen LogP contribution < -0.4 is 21.7 Å². The summed E-state index contributed by atoms with van der Waals surface area (Å²) < 4.78 is 47.6. The molecule has 0 saturated heterocycles. The number of halogens is 3. The molecule has 31 heavy (non-hydrogen) atoms. The molecule has 3 N–H and O–H groups in total. The van der Waals surface area contributed by atoms with Gasteiger partial charge in [0.15, 0.2) is 0 Å². The van der Waals surface area contributed by atoms with E-state index in [0.29, 0.717) is 11.3 Å². The lowest BCUT2D eigenvalue weighted by Crippen LogP contribution is -2.27. The van der Waals surface area contributed by atoms with Gasteiger partial charge in [0.25, 0.3) is 5.56 Å². The molecule has 0 aliphatic heterocycles. The van der Waals surface area contributed by atoms with Crippen LogP contribution in [0.15, 0.2) is 70.4 Å². The first kappa shape index (κ1) is 20.3. The fourth-order valence-electron chi connectivity index (χ4n) is 3.45. The second kappa shape index (κ2) is 7.35. The van der Waals surface area contributed by atoms with E-state index in [9.17, 15) is 22.8 Å². The minimum absolute atomic E-state index is 0.0678. The molecule has 0 aliphatic carbocycles. The number of aromatic amines is 1. The highest BCUT2D eigenvalue weighted by Gasteiger charge is 2.36. The molecule has 3 aromatic carbocycles. The Morgan fingerprint density at radius 1 is 0.968 bits per heavy atom. The SMILES string of the molecule is COc1c(-c2ccc3cc(N)ccc3c2)cc(-n2ccc(=O)[nH]c2=O)cc1C(F)(F)F. The summed E-state index contributed by atoms with van der Waals surface area (Å²) in [5.41, 5.74) is 4.34. The summed E-state index contributed by atoms with van der Waals surface area (Å²) in [5.74, 6) is -0.372. The predicted molar refractivity (Wildman–Crippen MR) is 112 cm³/mol. The molecular formula is C22H16F3N3O3. The number of hydrogen-bond acceptors (Lipinski definition) is 4. The topological polar surface area (TPSA) is 90.1 Å². The average Bonchev–Trinajstić information content (AvgIpc) is 2.71. The van der Waals surface area contributed by atoms with Crippen LogP contribution in [0, 0.1) is 0 Å². The van der Waals surface area contributed by atoms with E-state index in [1.165, 1.54) is 6.07 Å². The lowest BCUT2D eigenvalue weighted by atomic mass is 9.97. The van der Waals surface area contributed by atoms with Crippen molar-refractivity contribution in [2.75, 3.05) is 12.8 Å². The van der Waals surface area contributed by atoms with Crippen molar-refractivity contribution >= 4 is 16.5 Å². The number of H-pyrrole nitrogens is 1. The second-order valence-corrected chi connectivity index (χ2v) is 6.87. The number of nitrogens with zero attached hydrogens (tertiary/aromatic N) is 1. The monoisotopic (exact) mass is 427 g/mol. The number of anilines is 1. The van der Waals surface area contributed by atoms with Crippen LogP contribution >= 0.6 is 0 Å². The highest BCUT2D eigenvalue weighted by molar-refractivity contribution is 5.90. The Morgan fingerprint density at radius 3 is 2.35 bits per heavy atom. The largest absolute Gasteiger partial charge is 0.495 e. The minimum Gasteiger partial charge on any atom is -0.495 e. The Kier molecular flexibility index (Phi) is 4.81. The summed E-state index contributed by atoms with van der Waals surface area (Å²) in [6.45, 7) is 0. The van der Waals surface area contributed by atoms with Crippen molar-refractivity contribution in [3.8, 4) is 22.6 Å². The predicted octanol–water partition coefficient (Wildman–Crippen LogP) is 3.96. The van der Waals surface area contributed by atoms with Crippen LogP contribution in [0.1, 0.15) is 5.56 Å². The first-order valence-electron chi connectivity index (χ1n) is 9.08. The number of alkyl halides is 3. The maximum atomic E-state index is 13.8. The second-order valence-electron chi connectivity index (χ2n) is 6.87. The molecule has 1 heterocycles. The lowest BCUT2D eigenvalue weighted by Gasteiger charge is -2.19. The molecule has 4 rings (SSSR count). The molecule has 0 unspecified atom stereocenters. The summed E-state index contributed by atoms with van der Waals surface area (Å²) in [5, 5.41) is 1.60. The average molecular weight is 427 g/mol. The van der Waals surface area contributed by atoms with Gasteiger partial charge in [-0.25, -0.2) is 4.79 Å². The van der Waals surface area contributed by atoms with Gasteiger partial charge in [-0.15, -0.1) is 0 Å². The molecule has 4 aromatic rings. The lowest BCUT2D eigenvalue weighted by molar-refractivity contribution is -0.138. The number of nitrogen functional groups attached to an aromatic ring is 1. The van der Waals surface area contributed by atoms with Crippen LogP contribution in [-0.4, -0.2) is 16.7 Å². The third-order valence-electron chi connectivity index (χ3n) is 4.86. The van der Waals surface area contributed by atoms with Crippen LogP contribution in [-0.2, 0) is 6.18 Å². The summed E-state index contributed by atoms with van der Waals surface area (Å²) in [6.07, 6.45) is -3.62. The van der Waals surface area contributed by atoms with Crippen LogP contribution in [0.4, 0.5) is 18.9 Å². The zero-order chi connectivity index (χ0) is 22.3. The third-order valence-corrected chi connectivity index (χ3v) is 4.86. The number of fused-ring (bicyclic) bond motifs is 1. The molecule has 0 radical (unpaired) electrons. The maximum absolute atomic E-state index is 13.8. The van der Waals surface area contributed by atoms with Gasteiger partial charge in [0.05, 0.1) is 12.8 Å². The van der Waals surface area contributed by atoms with Crippen LogP contribution in [0.2, 0.25) is 0 Å². The van der Waals surface area contributed by atoms with Crippen molar-refractivity contribution in [2.45, 2.75) is 6.18 Å². The number of nitrogens with two attached hydrogens (primary N) is 1. The molecule has 0 bridgehead atoms. The van der Waals surface area contributed by atoms with Crippen LogP contribution in [0.3, 0.4) is 0 Å². The van der Waals surface area contributed by atoms with Crippen molar-refractivity contribution < 1.29 is 17.9 Å². The maximum Gasteiger partial charge on any atom is 0.420 e. The van der Waals surface area contributed by atoms with E-state index in [1.54, 1.807) is 36.4 Å². The van der Waals surface area contributed by atoms with Gasteiger partial charge in [-0.3, -0.25) is 14.3 Å². The molecule has 0 fully saturated rings. The highest BCUT2D eigenvalue weighted by Crippen LogP contribution is 2.44. The quantitative estimate of drug-likeness (QED) is 0.485. The third kappa shape index (κ3) is 3.77. The Balaban J connectivity index is 2.03. The van der Waals surface area contributed by atoms with Crippen molar-refractivity contribution in [3.05, 3.63) is 87.2 Å². The van der Waals surface area contributed by atoms with Crippen molar-refractivity contribution in [1.29, 1.82) is 0 Å². The van der Waals surface area contributed by atoms with Gasteiger partial charge in [0.1, 0.15) is 11.3 Å². The van der Waals surface area contributed by atoms with Crippen LogP contribution in [0.5, 0.6) is 5.75 Å². The molecule has 0 atom stereocenters. The van der Waals surface area contributed by atoms with Gasteiger partial charge >= 0.3 is 11.9 Å². The van der Waals surface area contributed by atoms with Crippen molar-refractivity contribution in [3.63, 3.8) is 0 Å². The molecule has 6 nitrogen and oxygen atoms in total. The van der Waals surface area contributed by atoms with Gasteiger partial charge in [-0.1, -0.05) is 18.2 Å². The van der Waals surface area contributed by atoms with Crippen LogP contribution in [0.25, 0.3) is 27.6 Å². The van der Waals surface area contributed by atoms with E-state index >= 15 is 0 Å². The Labute approximate surface area is 173 Å². The minimum atomic E-state index is -4.74. The number of benzene rings is 3. The normalized spacial score (nSPS) is 11.6. The van der Waals surface area contributed by atoms with E-state index in [1.807, 2.05) is 4.98 Å². The molecule has 9 heteroatoms. The number of nitrogens with one attached hydrogen (secondary N) is 1. The number of hydrogen-bond donors (Lipinski definition) is 2. The molecule has 0 saturated carbocycles. The molecule has 0 spiro atoms. The summed E-state index contributed by atoms with van der Waals surface area (Å²) >= 11 is 0. The number of aromatic nitrogens is 2. The Hall–Kier alpha value is -4.01. The summed E-state index contributed by atoms with van der Waals surface area (Å²) in [7, 11) is 1.15. The van der Waals surface area contributed by atoms with Gasteiger partial charge in [-0.05, 0) is 46.7 Å². The van der Waals surface area contributed by atoms with E-state index in [4.69, 9.17) is 10.5 Å². The Morgan fingerprint density at radius 2 is 1.68 bits per heavy atom. The van der Waals surface area contributed by atoms with Crippen molar-refractivity contribution in [2.24, 2.45) is 0 Å². The van der Waals surface area contributed by atoms with Gasteiger partial charge < -0.3 is 10.5 Å². The standard InChI is InChI=1S/C22H16F3N3O3/c1-31-20-17(14-3-2-13-9-15(26)5-4-12(13)8-14)10-16(11-18(20)22(23,24)25)28-7-6-19(29)27-21(28)30/h2-11H,26H2,1H3,(H,27,29,30). The smallest absolute Gasteiger partial charge is 0.420 e. The first-order chi connectivity index (χ1) is 14.7. The zero-order valence-electron chi connectivity index (χ0n) is 16.2. The van der Waals surface area contributed by atoms with E-state index in [2.05, 4.69) is 0 Å². The molecule has 0 amide bonds. The fourth-order valence-corrected chi connectivity index (χ4v) is 3.45. The molecule has 1 aromatic heterocycles. The van der Waals surface area contributed by atoms with E-state index < -0.39 is 23.0 Å². The Bertz CT molecular complexity index is 1420. The van der Waals surface area contributed by atoms with E-state index in [0.717, 1.165) is 40.8 Å². The van der Waals surface area contributed by atoms with Gasteiger partial charge in [0.2, 0.25) is 0 Å². The zero-order valence-corrected chi connectivity index (χ0v) is 16.2. The molecule has 0 aliphatic rings. The first-order valence-corrected chi connectivity index (χ1v) is 9.08. The fraction of sp³-hybridized carbons (Fsp3) is 0.0909. The summed E-state index contributed by atoms with van der Waals surface area (Å²) in [6, 6.07) is 13.6. The number of rotatable bonds is 3. The van der Waals surface area contributed by atoms with Gasteiger partial charge in [-0.2, -0.15) is 13.2 Å². The number of methoxy groups -OCH3 is 1. The molecule has 158 valence electrons. The molecular weight excluding hydrogens is 411 g/mol.